The molecule has 4 heteroatoms. The second-order valence-corrected chi connectivity index (χ2v) is 6.46. The maximum absolute atomic E-state index is 11.3. The first kappa shape index (κ1) is 16.9. The molecule has 4 nitrogen and oxygen atoms in total. The van der Waals surface area contributed by atoms with E-state index in [1.54, 1.807) is 32.0 Å². The van der Waals surface area contributed by atoms with Gasteiger partial charge in [0.15, 0.2) is 0 Å². The molecule has 0 aliphatic rings. The first-order valence-electron chi connectivity index (χ1n) is 8.04. The van der Waals surface area contributed by atoms with E-state index in [0.717, 1.165) is 16.7 Å². The van der Waals surface area contributed by atoms with E-state index >= 15 is 0 Å². The summed E-state index contributed by atoms with van der Waals surface area (Å²) >= 11 is 0. The van der Waals surface area contributed by atoms with Gasteiger partial charge in [0.2, 0.25) is 0 Å². The zero-order chi connectivity index (χ0) is 18.0. The van der Waals surface area contributed by atoms with Gasteiger partial charge < -0.3 is 5.11 Å². The second kappa shape index (κ2) is 6.49. The molecular formula is C21H19NO3. The van der Waals surface area contributed by atoms with Crippen LogP contribution in [0, 0.1) is 10.1 Å². The fourth-order valence-electron chi connectivity index (χ4n) is 2.96. The van der Waals surface area contributed by atoms with E-state index in [1.165, 1.54) is 6.07 Å². The highest BCUT2D eigenvalue weighted by molar-refractivity contribution is 5.78. The zero-order valence-corrected chi connectivity index (χ0v) is 14.1. The topological polar surface area (TPSA) is 63.4 Å². The SMILES string of the molecule is CC(C)(O)c1cc(-c2ccccc2[N+](=O)[O-])ccc1-c1ccccc1. The Hall–Kier alpha value is -2.98. The Bertz CT molecular complexity index is 912. The number of nitrogens with zero attached hydrogens (tertiary/aromatic N) is 1. The van der Waals surface area contributed by atoms with E-state index in [9.17, 15) is 15.2 Å². The van der Waals surface area contributed by atoms with Crippen molar-refractivity contribution in [1.29, 1.82) is 0 Å². The van der Waals surface area contributed by atoms with Gasteiger partial charge in [0.05, 0.1) is 16.1 Å². The number of aliphatic hydroxyl groups is 1. The third-order valence-electron chi connectivity index (χ3n) is 4.18. The lowest BCUT2D eigenvalue weighted by Crippen LogP contribution is -2.17. The molecule has 3 rings (SSSR count). The van der Waals surface area contributed by atoms with E-state index in [-0.39, 0.29) is 10.6 Å². The molecule has 0 aromatic heterocycles. The predicted octanol–water partition coefficient (Wildman–Crippen LogP) is 5.16. The third kappa shape index (κ3) is 3.44. The summed E-state index contributed by atoms with van der Waals surface area (Å²) in [6, 6.07) is 22.0. The zero-order valence-electron chi connectivity index (χ0n) is 14.1. The van der Waals surface area contributed by atoms with Crippen molar-refractivity contribution < 1.29 is 10.0 Å². The van der Waals surface area contributed by atoms with Gasteiger partial charge in [-0.25, -0.2) is 0 Å². The van der Waals surface area contributed by atoms with Gasteiger partial charge in [-0.2, -0.15) is 0 Å². The van der Waals surface area contributed by atoms with Gasteiger partial charge in [-0.3, -0.25) is 10.1 Å². The summed E-state index contributed by atoms with van der Waals surface area (Å²) in [6.07, 6.45) is 0. The van der Waals surface area contributed by atoms with Crippen LogP contribution < -0.4 is 0 Å². The average Bonchev–Trinajstić information content (AvgIpc) is 2.61. The van der Waals surface area contributed by atoms with Gasteiger partial charge in [0, 0.05) is 6.07 Å². The van der Waals surface area contributed by atoms with Crippen molar-refractivity contribution in [2.24, 2.45) is 0 Å². The van der Waals surface area contributed by atoms with Gasteiger partial charge in [0.25, 0.3) is 5.69 Å². The lowest BCUT2D eigenvalue weighted by molar-refractivity contribution is -0.384. The summed E-state index contributed by atoms with van der Waals surface area (Å²) in [4.78, 5) is 10.9. The summed E-state index contributed by atoms with van der Waals surface area (Å²) in [5.41, 5.74) is 2.86. The van der Waals surface area contributed by atoms with Crippen LogP contribution in [0.5, 0.6) is 0 Å². The molecule has 0 aliphatic heterocycles. The van der Waals surface area contributed by atoms with E-state index in [2.05, 4.69) is 0 Å². The number of nitro groups is 1. The molecular weight excluding hydrogens is 314 g/mol. The smallest absolute Gasteiger partial charge is 0.277 e. The van der Waals surface area contributed by atoms with Crippen LogP contribution in [0.3, 0.4) is 0 Å². The molecule has 0 amide bonds. The number of nitro benzene ring substituents is 1. The number of rotatable bonds is 4. The van der Waals surface area contributed by atoms with E-state index in [0.29, 0.717) is 11.1 Å². The van der Waals surface area contributed by atoms with Gasteiger partial charge in [-0.1, -0.05) is 54.6 Å². The van der Waals surface area contributed by atoms with E-state index in [4.69, 9.17) is 0 Å². The van der Waals surface area contributed by atoms with Gasteiger partial charge in [-0.15, -0.1) is 0 Å². The monoisotopic (exact) mass is 333 g/mol. The Morgan fingerprint density at radius 3 is 2.12 bits per heavy atom. The molecule has 3 aromatic rings. The molecule has 0 fully saturated rings. The molecule has 0 bridgehead atoms. The quantitative estimate of drug-likeness (QED) is 0.530. The molecule has 25 heavy (non-hydrogen) atoms. The van der Waals surface area contributed by atoms with Crippen LogP contribution in [0.2, 0.25) is 0 Å². The molecule has 1 N–H and O–H groups in total. The molecule has 0 heterocycles. The van der Waals surface area contributed by atoms with Crippen LogP contribution in [0.4, 0.5) is 5.69 Å². The van der Waals surface area contributed by atoms with Crippen LogP contribution in [0.25, 0.3) is 22.3 Å². The maximum atomic E-state index is 11.3. The minimum atomic E-state index is -1.08. The highest BCUT2D eigenvalue weighted by atomic mass is 16.6. The standard InChI is InChI=1S/C21H19NO3/c1-21(2,23)19-14-16(18-10-6-7-11-20(18)22(24)25)12-13-17(19)15-8-4-3-5-9-15/h3-14,23H,1-2H3. The number of hydrogen-bond acceptors (Lipinski definition) is 3. The van der Waals surface area contributed by atoms with Crippen LogP contribution in [-0.2, 0) is 5.60 Å². The number of benzene rings is 3. The van der Waals surface area contributed by atoms with Crippen molar-refractivity contribution in [3.63, 3.8) is 0 Å². The third-order valence-corrected chi connectivity index (χ3v) is 4.18. The summed E-state index contributed by atoms with van der Waals surface area (Å²) in [7, 11) is 0. The predicted molar refractivity (Wildman–Crippen MR) is 99.2 cm³/mol. The first-order valence-corrected chi connectivity index (χ1v) is 8.04. The van der Waals surface area contributed by atoms with Crippen molar-refractivity contribution in [2.75, 3.05) is 0 Å². The first-order chi connectivity index (χ1) is 11.9. The minimum Gasteiger partial charge on any atom is -0.386 e. The molecule has 0 atom stereocenters. The van der Waals surface area contributed by atoms with Crippen LogP contribution in [-0.4, -0.2) is 10.0 Å². The van der Waals surface area contributed by atoms with Crippen molar-refractivity contribution in [1.82, 2.24) is 0 Å². The number of hydrogen-bond donors (Lipinski definition) is 1. The Kier molecular flexibility index (Phi) is 4.38. The molecule has 3 aromatic carbocycles. The van der Waals surface area contributed by atoms with E-state index in [1.807, 2.05) is 48.5 Å². The molecule has 0 saturated heterocycles. The molecule has 0 aliphatic carbocycles. The Balaban J connectivity index is 2.22. The summed E-state index contributed by atoms with van der Waals surface area (Å²) in [6.45, 7) is 3.44. The molecule has 0 unspecified atom stereocenters. The molecule has 0 radical (unpaired) electrons. The molecule has 0 saturated carbocycles. The van der Waals surface area contributed by atoms with Crippen LogP contribution in [0.15, 0.2) is 72.8 Å². The van der Waals surface area contributed by atoms with Gasteiger partial charge in [-0.05, 0) is 48.2 Å². The Labute approximate surface area is 146 Å². The maximum Gasteiger partial charge on any atom is 0.277 e. The summed E-state index contributed by atoms with van der Waals surface area (Å²) in [5.74, 6) is 0. The van der Waals surface area contributed by atoms with Crippen molar-refractivity contribution in [2.45, 2.75) is 19.4 Å². The lowest BCUT2D eigenvalue weighted by Gasteiger charge is -2.23. The molecule has 126 valence electrons. The highest BCUT2D eigenvalue weighted by Gasteiger charge is 2.23. The highest BCUT2D eigenvalue weighted by Crippen LogP contribution is 2.37. The summed E-state index contributed by atoms with van der Waals surface area (Å²) < 4.78 is 0. The van der Waals surface area contributed by atoms with Crippen LogP contribution >= 0.6 is 0 Å². The average molecular weight is 333 g/mol. The number of para-hydroxylation sites is 1. The Morgan fingerprint density at radius 2 is 1.48 bits per heavy atom. The minimum absolute atomic E-state index is 0.0525. The fourth-order valence-corrected chi connectivity index (χ4v) is 2.96. The van der Waals surface area contributed by atoms with Crippen molar-refractivity contribution >= 4 is 5.69 Å². The van der Waals surface area contributed by atoms with Crippen LogP contribution in [0.1, 0.15) is 19.4 Å². The van der Waals surface area contributed by atoms with Gasteiger partial charge in [0.1, 0.15) is 0 Å². The lowest BCUT2D eigenvalue weighted by atomic mass is 9.87. The van der Waals surface area contributed by atoms with Crippen molar-refractivity contribution in [3.8, 4) is 22.3 Å². The van der Waals surface area contributed by atoms with E-state index < -0.39 is 5.60 Å². The molecule has 0 spiro atoms. The van der Waals surface area contributed by atoms with Gasteiger partial charge >= 0.3 is 0 Å². The fraction of sp³-hybridized carbons (Fsp3) is 0.143. The van der Waals surface area contributed by atoms with Crippen molar-refractivity contribution in [3.05, 3.63) is 88.5 Å². The normalized spacial score (nSPS) is 11.3. The Morgan fingerprint density at radius 1 is 0.840 bits per heavy atom. The largest absolute Gasteiger partial charge is 0.386 e. The summed E-state index contributed by atoms with van der Waals surface area (Å²) in [5, 5.41) is 22.0. The second-order valence-electron chi connectivity index (χ2n) is 6.46.